The summed E-state index contributed by atoms with van der Waals surface area (Å²) in [6.45, 7) is 3.98. The monoisotopic (exact) mass is 493 g/mol. The Kier molecular flexibility index (Phi) is 23.5. The van der Waals surface area contributed by atoms with Gasteiger partial charge in [0.05, 0.1) is 0 Å². The molecule has 1 unspecified atom stereocenters. The van der Waals surface area contributed by atoms with Gasteiger partial charge in [-0.05, 0) is 57.8 Å². The van der Waals surface area contributed by atoms with E-state index in [1.165, 1.54) is 32.1 Å². The number of allylic oxidation sites excluding steroid dienone is 4. The molecule has 0 bridgehead atoms. The van der Waals surface area contributed by atoms with Gasteiger partial charge in [0.15, 0.2) is 0 Å². The van der Waals surface area contributed by atoms with Gasteiger partial charge in [-0.25, -0.2) is 0 Å². The molecule has 0 aromatic rings. The number of esters is 1. The normalized spacial score (nSPS) is 12.3. The van der Waals surface area contributed by atoms with Gasteiger partial charge in [-0.15, -0.1) is 0 Å². The van der Waals surface area contributed by atoms with E-state index < -0.39 is 5.97 Å². The molecule has 0 aliphatic rings. The Bertz CT molecular complexity index is 600. The number of rotatable bonds is 24. The molecule has 6 nitrogen and oxygen atoms in total. The maximum Gasteiger partial charge on any atom is 0.322 e. The van der Waals surface area contributed by atoms with Crippen LogP contribution in [0.4, 0.5) is 0 Å². The van der Waals surface area contributed by atoms with Crippen molar-refractivity contribution >= 4 is 17.8 Å². The number of amides is 1. The van der Waals surface area contributed by atoms with E-state index >= 15 is 0 Å². The van der Waals surface area contributed by atoms with Gasteiger partial charge < -0.3 is 15.2 Å². The fourth-order valence-corrected chi connectivity index (χ4v) is 3.82. The summed E-state index contributed by atoms with van der Waals surface area (Å²) in [6, 6.07) is 0. The van der Waals surface area contributed by atoms with Crippen LogP contribution >= 0.6 is 0 Å². The smallest absolute Gasteiger partial charge is 0.322 e. The number of hydrogen-bond donors (Lipinski definition) is 2. The minimum atomic E-state index is -1.04. The molecule has 1 atom stereocenters. The van der Waals surface area contributed by atoms with Crippen molar-refractivity contribution in [3.63, 3.8) is 0 Å². The first-order valence-corrected chi connectivity index (χ1v) is 14.0. The number of carboxylic acids is 1. The quantitative estimate of drug-likeness (QED) is 0.0837. The van der Waals surface area contributed by atoms with Crippen molar-refractivity contribution in [2.24, 2.45) is 0 Å². The Balaban J connectivity index is 3.73. The molecule has 0 saturated heterocycles. The van der Waals surface area contributed by atoms with Gasteiger partial charge in [0.1, 0.15) is 12.6 Å². The molecule has 0 heterocycles. The van der Waals surface area contributed by atoms with E-state index in [1.54, 1.807) is 0 Å². The van der Waals surface area contributed by atoms with Crippen molar-refractivity contribution in [3.05, 3.63) is 24.3 Å². The van der Waals surface area contributed by atoms with Crippen LogP contribution in [-0.2, 0) is 19.1 Å². The van der Waals surface area contributed by atoms with Crippen molar-refractivity contribution < 1.29 is 24.2 Å². The third kappa shape index (κ3) is 24.8. The van der Waals surface area contributed by atoms with Crippen LogP contribution in [0.3, 0.4) is 0 Å². The number of carbonyl (C=O) groups is 3. The van der Waals surface area contributed by atoms with Crippen LogP contribution < -0.4 is 5.32 Å². The molecule has 35 heavy (non-hydrogen) atoms. The average molecular weight is 494 g/mol. The Morgan fingerprint density at radius 1 is 0.743 bits per heavy atom. The highest BCUT2D eigenvalue weighted by Crippen LogP contribution is 2.15. The standard InChI is InChI=1S/C29H51NO5/c1-3-5-6-7-8-9-10-11-12-13-14-15-16-20-24-29(34)35-26(21-4-2)22-18-17-19-23-27(31)30-25-28(32)33/h7-8,10-11,26H,3-6,9,12-25H2,1-2H3,(H,30,31)(H,32,33)/b8-7-,11-10-. The fourth-order valence-electron chi connectivity index (χ4n) is 3.82. The van der Waals surface area contributed by atoms with E-state index in [0.29, 0.717) is 19.3 Å². The molecule has 0 aliphatic carbocycles. The van der Waals surface area contributed by atoms with Gasteiger partial charge in [-0.3, -0.25) is 14.4 Å². The molecular weight excluding hydrogens is 442 g/mol. The second-order valence-electron chi connectivity index (χ2n) is 9.30. The summed E-state index contributed by atoms with van der Waals surface area (Å²) in [6.07, 6.45) is 26.4. The molecule has 0 saturated carbocycles. The molecule has 1 amide bonds. The highest BCUT2D eigenvalue weighted by molar-refractivity contribution is 5.80. The molecule has 6 heteroatoms. The predicted octanol–water partition coefficient (Wildman–Crippen LogP) is 7.27. The molecule has 202 valence electrons. The van der Waals surface area contributed by atoms with E-state index in [-0.39, 0.29) is 24.5 Å². The zero-order valence-electron chi connectivity index (χ0n) is 22.4. The Labute approximate surface area is 214 Å². The summed E-state index contributed by atoms with van der Waals surface area (Å²) in [5.41, 5.74) is 0. The molecule has 0 spiro atoms. The van der Waals surface area contributed by atoms with Crippen LogP contribution in [-0.4, -0.2) is 35.6 Å². The summed E-state index contributed by atoms with van der Waals surface area (Å²) in [7, 11) is 0. The minimum Gasteiger partial charge on any atom is -0.480 e. The van der Waals surface area contributed by atoms with Crippen molar-refractivity contribution in [1.29, 1.82) is 0 Å². The van der Waals surface area contributed by atoms with Gasteiger partial charge in [0.25, 0.3) is 0 Å². The summed E-state index contributed by atoms with van der Waals surface area (Å²) in [5.74, 6) is -1.36. The third-order valence-electron chi connectivity index (χ3n) is 5.86. The highest BCUT2D eigenvalue weighted by Gasteiger charge is 2.13. The molecule has 0 aliphatic heterocycles. The fraction of sp³-hybridized carbons (Fsp3) is 0.759. The lowest BCUT2D eigenvalue weighted by molar-refractivity contribution is -0.150. The van der Waals surface area contributed by atoms with Crippen molar-refractivity contribution in [3.8, 4) is 0 Å². The number of nitrogens with one attached hydrogen (secondary N) is 1. The first-order chi connectivity index (χ1) is 17.0. The summed E-state index contributed by atoms with van der Waals surface area (Å²) in [5, 5.41) is 10.9. The first kappa shape index (κ1) is 32.9. The summed E-state index contributed by atoms with van der Waals surface area (Å²) >= 11 is 0. The van der Waals surface area contributed by atoms with Gasteiger partial charge in [0.2, 0.25) is 5.91 Å². The Morgan fingerprint density at radius 2 is 1.37 bits per heavy atom. The Morgan fingerprint density at radius 3 is 2.06 bits per heavy atom. The van der Waals surface area contributed by atoms with Gasteiger partial charge in [-0.2, -0.15) is 0 Å². The maximum atomic E-state index is 12.2. The number of aliphatic carboxylic acids is 1. The van der Waals surface area contributed by atoms with Crippen molar-refractivity contribution in [2.45, 2.75) is 136 Å². The van der Waals surface area contributed by atoms with E-state index in [0.717, 1.165) is 64.2 Å². The maximum absolute atomic E-state index is 12.2. The molecule has 0 radical (unpaired) electrons. The van der Waals surface area contributed by atoms with Crippen LogP contribution in [0.15, 0.2) is 24.3 Å². The zero-order chi connectivity index (χ0) is 26.0. The lowest BCUT2D eigenvalue weighted by Gasteiger charge is -2.17. The molecular formula is C29H51NO5. The van der Waals surface area contributed by atoms with E-state index in [2.05, 4.69) is 43.5 Å². The zero-order valence-corrected chi connectivity index (χ0v) is 22.4. The minimum absolute atomic E-state index is 0.0402. The van der Waals surface area contributed by atoms with Crippen LogP contribution in [0.2, 0.25) is 0 Å². The van der Waals surface area contributed by atoms with Crippen LogP contribution in [0.1, 0.15) is 129 Å². The summed E-state index contributed by atoms with van der Waals surface area (Å²) in [4.78, 5) is 34.2. The average Bonchev–Trinajstić information content (AvgIpc) is 2.82. The van der Waals surface area contributed by atoms with Crippen molar-refractivity contribution in [1.82, 2.24) is 5.32 Å². The topological polar surface area (TPSA) is 92.7 Å². The number of ether oxygens (including phenoxy) is 1. The second-order valence-corrected chi connectivity index (χ2v) is 9.30. The number of carboxylic acid groups (broad SMARTS) is 1. The van der Waals surface area contributed by atoms with Crippen LogP contribution in [0.25, 0.3) is 0 Å². The molecule has 0 aromatic heterocycles. The molecule has 0 aromatic carbocycles. The van der Waals surface area contributed by atoms with E-state index in [9.17, 15) is 14.4 Å². The predicted molar refractivity (Wildman–Crippen MR) is 143 cm³/mol. The van der Waals surface area contributed by atoms with E-state index in [4.69, 9.17) is 9.84 Å². The number of unbranched alkanes of at least 4 members (excludes halogenated alkanes) is 9. The van der Waals surface area contributed by atoms with E-state index in [1.807, 2.05) is 0 Å². The second kappa shape index (κ2) is 25.0. The third-order valence-corrected chi connectivity index (χ3v) is 5.86. The molecule has 0 fully saturated rings. The first-order valence-electron chi connectivity index (χ1n) is 14.0. The highest BCUT2D eigenvalue weighted by atomic mass is 16.5. The number of carbonyl (C=O) groups excluding carboxylic acids is 2. The lowest BCUT2D eigenvalue weighted by Crippen LogP contribution is -2.28. The summed E-state index contributed by atoms with van der Waals surface area (Å²) < 4.78 is 5.70. The SMILES string of the molecule is CCCC/C=C\C/C=C\CCCCCCCC(=O)OC(CCC)CCCCCC(=O)NCC(=O)O. The molecule has 2 N–H and O–H groups in total. The van der Waals surface area contributed by atoms with Gasteiger partial charge in [0, 0.05) is 12.8 Å². The molecule has 0 rings (SSSR count). The Hall–Kier alpha value is -2.11. The van der Waals surface area contributed by atoms with Gasteiger partial charge in [-0.1, -0.05) is 83.1 Å². The van der Waals surface area contributed by atoms with Crippen LogP contribution in [0.5, 0.6) is 0 Å². The van der Waals surface area contributed by atoms with Crippen LogP contribution in [0, 0.1) is 0 Å². The van der Waals surface area contributed by atoms with Gasteiger partial charge >= 0.3 is 11.9 Å². The number of hydrogen-bond acceptors (Lipinski definition) is 4. The lowest BCUT2D eigenvalue weighted by atomic mass is 10.1. The van der Waals surface area contributed by atoms with Crippen molar-refractivity contribution in [2.75, 3.05) is 6.54 Å². The largest absolute Gasteiger partial charge is 0.480 e.